The summed E-state index contributed by atoms with van der Waals surface area (Å²) in [5.74, 6) is 0.737. The van der Waals surface area contributed by atoms with E-state index in [2.05, 4.69) is 47.8 Å². The summed E-state index contributed by atoms with van der Waals surface area (Å²) >= 11 is 6.19. The number of benzene rings is 4. The van der Waals surface area contributed by atoms with E-state index in [1.165, 1.54) is 16.7 Å². The molecule has 0 aliphatic heterocycles. The molecule has 1 fully saturated rings. The van der Waals surface area contributed by atoms with Gasteiger partial charge in [0.2, 0.25) is 0 Å². The van der Waals surface area contributed by atoms with Crippen LogP contribution >= 0.6 is 11.6 Å². The Morgan fingerprint density at radius 1 is 0.789 bits per heavy atom. The van der Waals surface area contributed by atoms with Gasteiger partial charge in [-0.3, -0.25) is 0 Å². The SMILES string of the molecule is O=C(O)C1(Nc2cccc(Cl)c2)CCC2(CC1)C(c1cccc(Oc3ccccc3)c1)=Cc1ccccc12. The van der Waals surface area contributed by atoms with Gasteiger partial charge in [0.05, 0.1) is 0 Å². The lowest BCUT2D eigenvalue weighted by Crippen LogP contribution is -2.52. The Balaban J connectivity index is 1.34. The fourth-order valence-electron chi connectivity index (χ4n) is 6.09. The van der Waals surface area contributed by atoms with Crippen molar-refractivity contribution in [3.8, 4) is 11.5 Å². The van der Waals surface area contributed by atoms with E-state index in [-0.39, 0.29) is 5.41 Å². The summed E-state index contributed by atoms with van der Waals surface area (Å²) in [5.41, 5.74) is 4.19. The molecular weight excluding hydrogens is 494 g/mol. The molecule has 4 aromatic rings. The molecule has 0 saturated heterocycles. The molecule has 38 heavy (non-hydrogen) atoms. The Labute approximate surface area is 227 Å². The second-order valence-corrected chi connectivity index (χ2v) is 10.6. The van der Waals surface area contributed by atoms with Crippen LogP contribution in [0.2, 0.25) is 5.02 Å². The summed E-state index contributed by atoms with van der Waals surface area (Å²) in [6.07, 6.45) is 4.66. The first-order valence-electron chi connectivity index (χ1n) is 12.9. The number of carboxylic acids is 1. The van der Waals surface area contributed by atoms with Crippen molar-refractivity contribution < 1.29 is 14.6 Å². The van der Waals surface area contributed by atoms with Crippen molar-refractivity contribution in [1.29, 1.82) is 0 Å². The Kier molecular flexibility index (Phi) is 6.21. The standard InChI is InChI=1S/C33H28ClNO3/c34-25-10-7-11-26(22-25)35-33(31(36)37)18-16-32(17-19-33)29-15-5-4-8-24(29)21-30(32)23-9-6-14-28(20-23)38-27-12-2-1-3-13-27/h1-15,20-22,35H,16-19H2,(H,36,37). The highest BCUT2D eigenvalue weighted by Crippen LogP contribution is 2.57. The Morgan fingerprint density at radius 2 is 1.50 bits per heavy atom. The highest BCUT2D eigenvalue weighted by atomic mass is 35.5. The van der Waals surface area contributed by atoms with Gasteiger partial charge in [-0.25, -0.2) is 4.79 Å². The van der Waals surface area contributed by atoms with Crippen molar-refractivity contribution in [2.24, 2.45) is 0 Å². The van der Waals surface area contributed by atoms with Crippen molar-refractivity contribution in [3.63, 3.8) is 0 Å². The molecule has 0 amide bonds. The largest absolute Gasteiger partial charge is 0.480 e. The first-order valence-corrected chi connectivity index (χ1v) is 13.3. The van der Waals surface area contributed by atoms with Gasteiger partial charge in [-0.1, -0.05) is 72.3 Å². The smallest absolute Gasteiger partial charge is 0.329 e. The zero-order valence-corrected chi connectivity index (χ0v) is 21.6. The van der Waals surface area contributed by atoms with Gasteiger partial charge in [-0.2, -0.15) is 0 Å². The molecule has 0 aromatic heterocycles. The molecular formula is C33H28ClNO3. The minimum atomic E-state index is -1.06. The Hall–Kier alpha value is -4.02. The average molecular weight is 522 g/mol. The number of rotatable bonds is 6. The third kappa shape index (κ3) is 4.35. The van der Waals surface area contributed by atoms with Crippen LogP contribution in [0.4, 0.5) is 5.69 Å². The van der Waals surface area contributed by atoms with Gasteiger partial charge in [0, 0.05) is 16.1 Å². The minimum Gasteiger partial charge on any atom is -0.480 e. The van der Waals surface area contributed by atoms with Crippen LogP contribution in [0.1, 0.15) is 42.4 Å². The third-order valence-electron chi connectivity index (χ3n) is 7.99. The molecule has 2 aliphatic carbocycles. The molecule has 2 aliphatic rings. The molecule has 6 rings (SSSR count). The van der Waals surface area contributed by atoms with Crippen LogP contribution in [-0.2, 0) is 10.2 Å². The lowest BCUT2D eigenvalue weighted by molar-refractivity contribution is -0.143. The second kappa shape index (κ2) is 9.70. The molecule has 0 heterocycles. The van der Waals surface area contributed by atoms with Crippen molar-refractivity contribution in [1.82, 2.24) is 0 Å². The van der Waals surface area contributed by atoms with Crippen LogP contribution in [0.5, 0.6) is 11.5 Å². The summed E-state index contributed by atoms with van der Waals surface area (Å²) in [4.78, 5) is 12.7. The van der Waals surface area contributed by atoms with Gasteiger partial charge >= 0.3 is 5.97 Å². The maximum atomic E-state index is 12.7. The molecule has 0 bridgehead atoms. The average Bonchev–Trinajstić information content (AvgIpc) is 3.25. The van der Waals surface area contributed by atoms with Crippen molar-refractivity contribution in [3.05, 3.63) is 125 Å². The zero-order valence-electron chi connectivity index (χ0n) is 20.9. The number of anilines is 1. The van der Waals surface area contributed by atoms with Crippen LogP contribution in [-0.4, -0.2) is 16.6 Å². The second-order valence-electron chi connectivity index (χ2n) is 10.2. The van der Waals surface area contributed by atoms with Crippen LogP contribution in [0.3, 0.4) is 0 Å². The van der Waals surface area contributed by atoms with Gasteiger partial charge in [-0.15, -0.1) is 0 Å². The van der Waals surface area contributed by atoms with Gasteiger partial charge in [-0.05, 0) is 96.5 Å². The molecule has 0 atom stereocenters. The highest BCUT2D eigenvalue weighted by molar-refractivity contribution is 6.30. The summed E-state index contributed by atoms with van der Waals surface area (Å²) in [6, 6.07) is 33.7. The number of hydrogen-bond acceptors (Lipinski definition) is 3. The summed E-state index contributed by atoms with van der Waals surface area (Å²) < 4.78 is 6.15. The van der Waals surface area contributed by atoms with E-state index in [9.17, 15) is 9.90 Å². The number of hydrogen-bond donors (Lipinski definition) is 2. The van der Waals surface area contributed by atoms with Crippen LogP contribution < -0.4 is 10.1 Å². The van der Waals surface area contributed by atoms with Crippen LogP contribution in [0.25, 0.3) is 11.6 Å². The number of halogens is 1. The quantitative estimate of drug-likeness (QED) is 0.267. The predicted molar refractivity (Wildman–Crippen MR) is 153 cm³/mol. The fraction of sp³-hybridized carbons (Fsp3) is 0.182. The molecule has 4 nitrogen and oxygen atoms in total. The number of nitrogens with one attached hydrogen (secondary N) is 1. The third-order valence-corrected chi connectivity index (χ3v) is 8.23. The summed E-state index contributed by atoms with van der Waals surface area (Å²) in [7, 11) is 0. The number of para-hydroxylation sites is 1. The Morgan fingerprint density at radius 3 is 2.26 bits per heavy atom. The van der Waals surface area contributed by atoms with Crippen molar-refractivity contribution in [2.75, 3.05) is 5.32 Å². The Bertz CT molecular complexity index is 1520. The molecule has 0 unspecified atom stereocenters. The number of aliphatic carboxylic acids is 1. The number of fused-ring (bicyclic) bond motifs is 2. The van der Waals surface area contributed by atoms with E-state index < -0.39 is 11.5 Å². The zero-order chi connectivity index (χ0) is 26.2. The summed E-state index contributed by atoms with van der Waals surface area (Å²) in [5, 5.41) is 14.3. The number of allylic oxidation sites excluding steroid dienone is 1. The topological polar surface area (TPSA) is 58.6 Å². The van der Waals surface area contributed by atoms with Crippen molar-refractivity contribution >= 4 is 34.9 Å². The lowest BCUT2D eigenvalue weighted by Gasteiger charge is -2.45. The maximum Gasteiger partial charge on any atom is 0.329 e. The number of carboxylic acid groups (broad SMARTS) is 1. The van der Waals surface area contributed by atoms with E-state index >= 15 is 0 Å². The molecule has 1 saturated carbocycles. The van der Waals surface area contributed by atoms with E-state index in [0.717, 1.165) is 22.7 Å². The van der Waals surface area contributed by atoms with Gasteiger partial charge in [0.15, 0.2) is 0 Å². The number of ether oxygens (including phenoxy) is 1. The maximum absolute atomic E-state index is 12.7. The minimum absolute atomic E-state index is 0.267. The molecule has 1 spiro atoms. The van der Waals surface area contributed by atoms with E-state index in [1.54, 1.807) is 12.1 Å². The normalized spacial score (nSPS) is 22.0. The lowest BCUT2D eigenvalue weighted by atomic mass is 9.61. The van der Waals surface area contributed by atoms with E-state index in [4.69, 9.17) is 16.3 Å². The number of carbonyl (C=O) groups is 1. The van der Waals surface area contributed by atoms with Gasteiger partial charge in [0.25, 0.3) is 0 Å². The van der Waals surface area contributed by atoms with Crippen molar-refractivity contribution in [2.45, 2.75) is 36.6 Å². The van der Waals surface area contributed by atoms with Gasteiger partial charge in [0.1, 0.15) is 17.0 Å². The van der Waals surface area contributed by atoms with E-state index in [0.29, 0.717) is 30.7 Å². The van der Waals surface area contributed by atoms with Crippen LogP contribution in [0.15, 0.2) is 103 Å². The molecule has 2 N–H and O–H groups in total. The van der Waals surface area contributed by atoms with E-state index in [1.807, 2.05) is 54.6 Å². The monoisotopic (exact) mass is 521 g/mol. The molecule has 5 heteroatoms. The van der Waals surface area contributed by atoms with Gasteiger partial charge < -0.3 is 15.2 Å². The first-order chi connectivity index (χ1) is 18.5. The molecule has 4 aromatic carbocycles. The fourth-order valence-corrected chi connectivity index (χ4v) is 6.28. The first kappa shape index (κ1) is 24.3. The highest BCUT2D eigenvalue weighted by Gasteiger charge is 2.51. The predicted octanol–water partition coefficient (Wildman–Crippen LogP) is 8.43. The van der Waals surface area contributed by atoms with Crippen LogP contribution in [0, 0.1) is 0 Å². The molecule has 190 valence electrons. The summed E-state index contributed by atoms with van der Waals surface area (Å²) in [6.45, 7) is 0. The molecule has 0 radical (unpaired) electrons.